The summed E-state index contributed by atoms with van der Waals surface area (Å²) in [4.78, 5) is 11.0. The molecule has 0 aliphatic heterocycles. The number of carbonyl (C=O) groups is 1. The molecule has 33 heavy (non-hydrogen) atoms. The second-order valence-corrected chi connectivity index (χ2v) is 8.82. The number of halogens is 3. The lowest BCUT2D eigenvalue weighted by atomic mass is 10.1. The minimum absolute atomic E-state index is 0.0121. The monoisotopic (exact) mass is 479 g/mol. The molecule has 0 heterocycles. The highest BCUT2D eigenvalue weighted by Gasteiger charge is 2.33. The number of benzene rings is 3. The third kappa shape index (κ3) is 5.46. The molecule has 3 aromatic carbocycles. The van der Waals surface area contributed by atoms with Crippen LogP contribution in [0.3, 0.4) is 0 Å². The number of carboxylic acids is 1. The molecule has 3 rings (SSSR count). The Hall–Kier alpha value is -3.53. The maximum atomic E-state index is 13.3. The lowest BCUT2D eigenvalue weighted by molar-refractivity contribution is -0.137. The predicted octanol–water partition coefficient (Wildman–Crippen LogP) is 5.20. The molecule has 0 atom stereocenters. The molecule has 0 radical (unpaired) electrons. The number of ether oxygens (including phenoxy) is 1. The van der Waals surface area contributed by atoms with Crippen LogP contribution >= 0.6 is 0 Å². The van der Waals surface area contributed by atoms with Gasteiger partial charge in [-0.25, -0.2) is 13.2 Å². The van der Waals surface area contributed by atoms with E-state index in [1.54, 1.807) is 25.1 Å². The number of alkyl halides is 3. The van der Waals surface area contributed by atoms with Crippen molar-refractivity contribution in [1.29, 1.82) is 0 Å². The van der Waals surface area contributed by atoms with Crippen LogP contribution in [0.2, 0.25) is 0 Å². The average Bonchev–Trinajstić information content (AvgIpc) is 2.78. The first-order valence-corrected chi connectivity index (χ1v) is 11.2. The Morgan fingerprint density at radius 2 is 1.64 bits per heavy atom. The minimum Gasteiger partial charge on any atom is -0.487 e. The van der Waals surface area contributed by atoms with Crippen molar-refractivity contribution in [1.82, 2.24) is 0 Å². The highest BCUT2D eigenvalue weighted by Crippen LogP contribution is 2.38. The van der Waals surface area contributed by atoms with Gasteiger partial charge in [0, 0.05) is 6.54 Å². The molecule has 10 heteroatoms. The Balaban J connectivity index is 2.01. The van der Waals surface area contributed by atoms with Gasteiger partial charge in [-0.05, 0) is 55.0 Å². The average molecular weight is 479 g/mol. The van der Waals surface area contributed by atoms with Gasteiger partial charge < -0.3 is 9.84 Å². The topological polar surface area (TPSA) is 83.9 Å². The van der Waals surface area contributed by atoms with E-state index in [0.29, 0.717) is 5.56 Å². The molecular formula is C23H20F3NO5S. The van der Waals surface area contributed by atoms with Crippen LogP contribution in [-0.2, 0) is 22.8 Å². The fourth-order valence-electron chi connectivity index (χ4n) is 3.11. The number of carboxylic acid groups (broad SMARTS) is 1. The van der Waals surface area contributed by atoms with Gasteiger partial charge in [-0.15, -0.1) is 0 Å². The van der Waals surface area contributed by atoms with Gasteiger partial charge in [-0.1, -0.05) is 30.3 Å². The molecular weight excluding hydrogens is 459 g/mol. The van der Waals surface area contributed by atoms with E-state index in [9.17, 15) is 26.4 Å². The summed E-state index contributed by atoms with van der Waals surface area (Å²) in [5.74, 6) is -1.39. The van der Waals surface area contributed by atoms with Crippen molar-refractivity contribution in [3.63, 3.8) is 0 Å². The fourth-order valence-corrected chi connectivity index (χ4v) is 4.61. The molecule has 174 valence electrons. The number of anilines is 1. The zero-order valence-electron chi connectivity index (χ0n) is 17.4. The number of rotatable bonds is 8. The third-order valence-electron chi connectivity index (χ3n) is 4.77. The van der Waals surface area contributed by atoms with E-state index < -0.39 is 27.7 Å². The predicted molar refractivity (Wildman–Crippen MR) is 116 cm³/mol. The van der Waals surface area contributed by atoms with Crippen molar-refractivity contribution in [2.45, 2.75) is 24.6 Å². The minimum atomic E-state index is -4.66. The summed E-state index contributed by atoms with van der Waals surface area (Å²) < 4.78 is 72.9. The molecule has 0 aliphatic carbocycles. The first-order valence-electron chi connectivity index (χ1n) is 9.78. The van der Waals surface area contributed by atoms with Crippen molar-refractivity contribution in [2.75, 3.05) is 10.8 Å². The van der Waals surface area contributed by atoms with Gasteiger partial charge in [-0.2, -0.15) is 13.2 Å². The molecule has 1 N–H and O–H groups in total. The molecule has 0 amide bonds. The van der Waals surface area contributed by atoms with Crippen LogP contribution in [-0.4, -0.2) is 26.0 Å². The van der Waals surface area contributed by atoms with Crippen LogP contribution in [0.1, 0.15) is 28.4 Å². The van der Waals surface area contributed by atoms with E-state index in [1.165, 1.54) is 36.4 Å². The summed E-state index contributed by atoms with van der Waals surface area (Å²) in [7, 11) is -4.07. The Kier molecular flexibility index (Phi) is 6.97. The van der Waals surface area contributed by atoms with Gasteiger partial charge in [0.1, 0.15) is 12.4 Å². The second-order valence-electron chi connectivity index (χ2n) is 6.95. The lowest BCUT2D eigenvalue weighted by Crippen LogP contribution is -2.31. The molecule has 0 unspecified atom stereocenters. The zero-order valence-corrected chi connectivity index (χ0v) is 18.2. The Morgan fingerprint density at radius 3 is 2.18 bits per heavy atom. The first kappa shape index (κ1) is 24.1. The molecule has 0 fully saturated rings. The van der Waals surface area contributed by atoms with E-state index in [-0.39, 0.29) is 35.0 Å². The maximum absolute atomic E-state index is 13.3. The zero-order chi connectivity index (χ0) is 24.2. The number of hydrogen-bond donors (Lipinski definition) is 1. The Labute approximate surface area is 188 Å². The molecule has 3 aromatic rings. The summed E-state index contributed by atoms with van der Waals surface area (Å²) in [6, 6.07) is 15.8. The van der Waals surface area contributed by atoms with E-state index in [0.717, 1.165) is 22.5 Å². The number of aromatic carboxylic acids is 1. The number of hydrogen-bond acceptors (Lipinski definition) is 4. The molecule has 0 bridgehead atoms. The fraction of sp³-hybridized carbons (Fsp3) is 0.174. The molecule has 0 aromatic heterocycles. The largest absolute Gasteiger partial charge is 0.487 e. The van der Waals surface area contributed by atoms with Crippen LogP contribution in [0.25, 0.3) is 0 Å². The normalized spacial score (nSPS) is 11.8. The molecule has 0 saturated heterocycles. The summed E-state index contributed by atoms with van der Waals surface area (Å²) >= 11 is 0. The van der Waals surface area contributed by atoms with Crippen LogP contribution in [0.15, 0.2) is 77.7 Å². The Morgan fingerprint density at radius 1 is 1.00 bits per heavy atom. The van der Waals surface area contributed by atoms with Gasteiger partial charge >= 0.3 is 12.1 Å². The van der Waals surface area contributed by atoms with Crippen molar-refractivity contribution >= 4 is 21.7 Å². The smallest absolute Gasteiger partial charge is 0.416 e. The van der Waals surface area contributed by atoms with E-state index in [2.05, 4.69) is 0 Å². The maximum Gasteiger partial charge on any atom is 0.416 e. The van der Waals surface area contributed by atoms with Gasteiger partial charge in [0.2, 0.25) is 0 Å². The van der Waals surface area contributed by atoms with Gasteiger partial charge in [0.25, 0.3) is 10.0 Å². The van der Waals surface area contributed by atoms with Crippen LogP contribution in [0.4, 0.5) is 18.9 Å². The SMILES string of the molecule is CCN(c1ccc(C(F)(F)F)cc1OCc1ccc(C(=O)O)cc1)S(=O)(=O)c1ccccc1. The number of nitrogens with zero attached hydrogens (tertiary/aromatic N) is 1. The van der Waals surface area contributed by atoms with Gasteiger partial charge in [0.05, 0.1) is 21.7 Å². The van der Waals surface area contributed by atoms with Crippen molar-refractivity contribution in [3.8, 4) is 5.75 Å². The van der Waals surface area contributed by atoms with Crippen LogP contribution < -0.4 is 9.04 Å². The summed E-state index contributed by atoms with van der Waals surface area (Å²) in [5.41, 5.74) is -0.492. The Bertz CT molecular complexity index is 1230. The molecule has 0 saturated carbocycles. The summed E-state index contributed by atoms with van der Waals surface area (Å²) in [6.45, 7) is 1.32. The van der Waals surface area contributed by atoms with Gasteiger partial charge in [0.15, 0.2) is 0 Å². The standard InChI is InChI=1S/C23H20F3NO5S/c1-2-27(33(30,31)19-6-4-3-5-7-19)20-13-12-18(23(24,25)26)14-21(20)32-15-16-8-10-17(11-9-16)22(28)29/h3-14H,2,15H2,1H3,(H,28,29). The second kappa shape index (κ2) is 9.53. The quantitative estimate of drug-likeness (QED) is 0.480. The summed E-state index contributed by atoms with van der Waals surface area (Å²) in [6.07, 6.45) is -4.66. The third-order valence-corrected chi connectivity index (χ3v) is 6.67. The summed E-state index contributed by atoms with van der Waals surface area (Å²) in [5, 5.41) is 8.99. The lowest BCUT2D eigenvalue weighted by Gasteiger charge is -2.26. The molecule has 0 aliphatic rings. The van der Waals surface area contributed by atoms with Crippen molar-refractivity contribution < 1.29 is 36.2 Å². The van der Waals surface area contributed by atoms with E-state index in [1.807, 2.05) is 0 Å². The van der Waals surface area contributed by atoms with Crippen molar-refractivity contribution in [2.24, 2.45) is 0 Å². The van der Waals surface area contributed by atoms with E-state index in [4.69, 9.17) is 9.84 Å². The highest BCUT2D eigenvalue weighted by molar-refractivity contribution is 7.92. The van der Waals surface area contributed by atoms with E-state index >= 15 is 0 Å². The molecule has 6 nitrogen and oxygen atoms in total. The first-order chi connectivity index (χ1) is 15.5. The highest BCUT2D eigenvalue weighted by atomic mass is 32.2. The van der Waals surface area contributed by atoms with Gasteiger partial charge in [-0.3, -0.25) is 4.31 Å². The van der Waals surface area contributed by atoms with Crippen LogP contribution in [0, 0.1) is 0 Å². The van der Waals surface area contributed by atoms with Crippen LogP contribution in [0.5, 0.6) is 5.75 Å². The number of sulfonamides is 1. The van der Waals surface area contributed by atoms with Crippen molar-refractivity contribution in [3.05, 3.63) is 89.5 Å². The molecule has 0 spiro atoms.